The van der Waals surface area contributed by atoms with E-state index in [0.29, 0.717) is 11.1 Å². The quantitative estimate of drug-likeness (QED) is 0.872. The third kappa shape index (κ3) is 4.35. The summed E-state index contributed by atoms with van der Waals surface area (Å²) in [5, 5.41) is 9.50. The summed E-state index contributed by atoms with van der Waals surface area (Å²) in [7, 11) is -3.63. The average molecular weight is 346 g/mol. The third-order valence-electron chi connectivity index (χ3n) is 2.75. The maximum Gasteiger partial charge on any atom is 0.236 e. The van der Waals surface area contributed by atoms with Gasteiger partial charge in [0, 0.05) is 0 Å². The van der Waals surface area contributed by atoms with Crippen LogP contribution >= 0.6 is 23.2 Å². The Morgan fingerprint density at radius 1 is 1.05 bits per heavy atom. The number of hydrogen-bond donors (Lipinski definition) is 2. The largest absolute Gasteiger partial charge is 0.392 e. The van der Waals surface area contributed by atoms with Crippen molar-refractivity contribution >= 4 is 38.9 Å². The molecule has 21 heavy (non-hydrogen) atoms. The first-order chi connectivity index (χ1) is 9.91. The van der Waals surface area contributed by atoms with Gasteiger partial charge < -0.3 is 5.11 Å². The molecule has 0 bridgehead atoms. The molecule has 0 atom stereocenters. The zero-order valence-corrected chi connectivity index (χ0v) is 13.2. The van der Waals surface area contributed by atoms with Gasteiger partial charge in [-0.15, -0.1) is 0 Å². The van der Waals surface area contributed by atoms with Crippen molar-refractivity contribution in [2.24, 2.45) is 0 Å². The molecule has 2 rings (SSSR count). The summed E-state index contributed by atoms with van der Waals surface area (Å²) in [6.07, 6.45) is 0. The number of rotatable bonds is 5. The van der Waals surface area contributed by atoms with Gasteiger partial charge in [-0.1, -0.05) is 53.5 Å². The summed E-state index contributed by atoms with van der Waals surface area (Å²) in [4.78, 5) is 0. The summed E-state index contributed by atoms with van der Waals surface area (Å²) in [5.41, 5.74) is 1.47. The van der Waals surface area contributed by atoms with Gasteiger partial charge in [0.1, 0.15) is 0 Å². The Morgan fingerprint density at radius 3 is 2.43 bits per heavy atom. The number of nitrogens with one attached hydrogen (secondary N) is 1. The number of aliphatic hydroxyl groups excluding tert-OH is 1. The van der Waals surface area contributed by atoms with Crippen molar-refractivity contribution in [2.75, 3.05) is 4.72 Å². The Bertz CT molecular complexity index is 748. The van der Waals surface area contributed by atoms with E-state index in [0.717, 1.165) is 0 Å². The van der Waals surface area contributed by atoms with Crippen molar-refractivity contribution in [3.8, 4) is 0 Å². The van der Waals surface area contributed by atoms with Crippen LogP contribution in [0.5, 0.6) is 0 Å². The fourth-order valence-corrected chi connectivity index (χ4v) is 3.42. The molecule has 0 heterocycles. The van der Waals surface area contributed by atoms with E-state index in [1.54, 1.807) is 36.4 Å². The molecule has 4 nitrogen and oxygen atoms in total. The molecule has 0 aliphatic rings. The topological polar surface area (TPSA) is 66.4 Å². The third-order valence-corrected chi connectivity index (χ3v) is 4.81. The molecule has 2 aromatic rings. The van der Waals surface area contributed by atoms with Gasteiger partial charge in [0.15, 0.2) is 0 Å². The summed E-state index contributed by atoms with van der Waals surface area (Å²) in [6.45, 7) is -0.137. The highest BCUT2D eigenvalue weighted by Gasteiger charge is 2.15. The smallest absolute Gasteiger partial charge is 0.236 e. The van der Waals surface area contributed by atoms with Crippen molar-refractivity contribution in [1.82, 2.24) is 0 Å². The molecule has 2 N–H and O–H groups in total. The molecule has 0 spiro atoms. The van der Waals surface area contributed by atoms with Gasteiger partial charge >= 0.3 is 0 Å². The van der Waals surface area contributed by atoms with E-state index in [1.807, 2.05) is 0 Å². The highest BCUT2D eigenvalue weighted by Crippen LogP contribution is 2.30. The van der Waals surface area contributed by atoms with E-state index in [-0.39, 0.29) is 28.1 Å². The molecule has 0 unspecified atom stereocenters. The van der Waals surface area contributed by atoms with Gasteiger partial charge in [-0.05, 0) is 23.3 Å². The first-order valence-corrected chi connectivity index (χ1v) is 8.45. The normalized spacial score (nSPS) is 11.4. The molecule has 0 aliphatic carbocycles. The molecule has 0 radical (unpaired) electrons. The Morgan fingerprint density at radius 2 is 1.71 bits per heavy atom. The summed E-state index contributed by atoms with van der Waals surface area (Å²) in [6, 6.07) is 11.5. The van der Waals surface area contributed by atoms with Gasteiger partial charge in [-0.3, -0.25) is 4.72 Å². The highest BCUT2D eigenvalue weighted by atomic mass is 35.5. The minimum atomic E-state index is -3.63. The second-order valence-electron chi connectivity index (χ2n) is 4.44. The van der Waals surface area contributed by atoms with Crippen LogP contribution in [0.15, 0.2) is 42.5 Å². The number of aliphatic hydroxyl groups is 1. The lowest BCUT2D eigenvalue weighted by molar-refractivity contribution is 0.282. The SMILES string of the molecule is O=S(=O)(Cc1cccc(CO)c1)Nc1cccc(Cl)c1Cl. The Labute approximate surface area is 133 Å². The monoisotopic (exact) mass is 345 g/mol. The van der Waals surface area contributed by atoms with Gasteiger partial charge in [-0.2, -0.15) is 0 Å². The van der Waals surface area contributed by atoms with E-state index < -0.39 is 10.0 Å². The molecular formula is C14H13Cl2NO3S. The molecule has 2 aromatic carbocycles. The van der Waals surface area contributed by atoms with Crippen molar-refractivity contribution in [3.63, 3.8) is 0 Å². The minimum Gasteiger partial charge on any atom is -0.392 e. The average Bonchev–Trinajstić information content (AvgIpc) is 2.43. The maximum absolute atomic E-state index is 12.2. The fourth-order valence-electron chi connectivity index (χ4n) is 1.82. The van der Waals surface area contributed by atoms with Gasteiger partial charge in [0.2, 0.25) is 10.0 Å². The maximum atomic E-state index is 12.2. The Kier molecular flexibility index (Phi) is 5.11. The van der Waals surface area contributed by atoms with Crippen LogP contribution in [-0.4, -0.2) is 13.5 Å². The lowest BCUT2D eigenvalue weighted by Crippen LogP contribution is -2.15. The van der Waals surface area contributed by atoms with Crippen LogP contribution in [0, 0.1) is 0 Å². The van der Waals surface area contributed by atoms with Crippen LogP contribution in [0.25, 0.3) is 0 Å². The van der Waals surface area contributed by atoms with Gasteiger partial charge in [0.25, 0.3) is 0 Å². The second-order valence-corrected chi connectivity index (χ2v) is 6.95. The Hall–Kier alpha value is -1.27. The number of anilines is 1. The molecule has 0 aliphatic heterocycles. The van der Waals surface area contributed by atoms with Crippen molar-refractivity contribution in [3.05, 3.63) is 63.6 Å². The summed E-state index contributed by atoms with van der Waals surface area (Å²) < 4.78 is 26.7. The second kappa shape index (κ2) is 6.66. The Balaban J connectivity index is 2.20. The van der Waals surface area contributed by atoms with Crippen LogP contribution in [-0.2, 0) is 22.4 Å². The van der Waals surface area contributed by atoms with Crippen molar-refractivity contribution < 1.29 is 13.5 Å². The number of hydrogen-bond acceptors (Lipinski definition) is 3. The zero-order chi connectivity index (χ0) is 15.5. The van der Waals surface area contributed by atoms with Crippen molar-refractivity contribution in [2.45, 2.75) is 12.4 Å². The van der Waals surface area contributed by atoms with E-state index in [9.17, 15) is 8.42 Å². The fraction of sp³-hybridized carbons (Fsp3) is 0.143. The zero-order valence-electron chi connectivity index (χ0n) is 10.9. The standard InChI is InChI=1S/C14H13Cl2NO3S/c15-12-5-2-6-13(14(12)16)17-21(19,20)9-11-4-1-3-10(7-11)8-18/h1-7,17-18H,8-9H2. The van der Waals surface area contributed by atoms with E-state index in [4.69, 9.17) is 28.3 Å². The number of sulfonamides is 1. The molecule has 0 aromatic heterocycles. The van der Waals surface area contributed by atoms with Crippen molar-refractivity contribution in [1.29, 1.82) is 0 Å². The molecule has 112 valence electrons. The van der Waals surface area contributed by atoms with Crippen LogP contribution in [0.1, 0.15) is 11.1 Å². The van der Waals surface area contributed by atoms with Crippen LogP contribution in [0.2, 0.25) is 10.0 Å². The van der Waals surface area contributed by atoms with Crippen LogP contribution < -0.4 is 4.72 Å². The first kappa shape index (κ1) is 16.1. The molecule has 0 saturated carbocycles. The predicted octanol–water partition coefficient (Wildman–Crippen LogP) is 3.43. The van der Waals surface area contributed by atoms with E-state index in [2.05, 4.69) is 4.72 Å². The molecule has 0 saturated heterocycles. The van der Waals surface area contributed by atoms with E-state index in [1.165, 1.54) is 6.07 Å². The molecule has 0 fully saturated rings. The molecular weight excluding hydrogens is 333 g/mol. The predicted molar refractivity (Wildman–Crippen MR) is 85.1 cm³/mol. The minimum absolute atomic E-state index is 0.137. The van der Waals surface area contributed by atoms with Crippen LogP contribution in [0.3, 0.4) is 0 Å². The highest BCUT2D eigenvalue weighted by molar-refractivity contribution is 7.91. The number of benzene rings is 2. The van der Waals surface area contributed by atoms with Gasteiger partial charge in [0.05, 0.1) is 28.1 Å². The summed E-state index contributed by atoms with van der Waals surface area (Å²) >= 11 is 11.8. The molecule has 7 heteroatoms. The number of halogens is 2. The first-order valence-electron chi connectivity index (χ1n) is 6.04. The lowest BCUT2D eigenvalue weighted by atomic mass is 10.1. The van der Waals surface area contributed by atoms with E-state index >= 15 is 0 Å². The summed E-state index contributed by atoms with van der Waals surface area (Å²) in [5.74, 6) is -0.219. The van der Waals surface area contributed by atoms with Crippen LogP contribution in [0.4, 0.5) is 5.69 Å². The lowest BCUT2D eigenvalue weighted by Gasteiger charge is -2.10. The molecule has 0 amide bonds. The van der Waals surface area contributed by atoms with Gasteiger partial charge in [-0.25, -0.2) is 8.42 Å².